The van der Waals surface area contributed by atoms with Crippen molar-refractivity contribution >= 4 is 5.69 Å². The molecule has 0 aromatic heterocycles. The summed E-state index contributed by atoms with van der Waals surface area (Å²) in [5, 5.41) is 12.7. The number of nitrogens with one attached hydrogen (secondary N) is 1. The Morgan fingerprint density at radius 2 is 1.94 bits per heavy atom. The van der Waals surface area contributed by atoms with Crippen LogP contribution in [0.4, 0.5) is 5.69 Å². The zero-order valence-corrected chi connectivity index (χ0v) is 9.89. The Morgan fingerprint density at radius 1 is 1.29 bits per heavy atom. The van der Waals surface area contributed by atoms with Crippen molar-refractivity contribution in [3.05, 3.63) is 24.3 Å². The topological polar surface area (TPSA) is 35.5 Å². The van der Waals surface area contributed by atoms with Gasteiger partial charge in [-0.05, 0) is 37.1 Å². The first-order valence-corrected chi connectivity index (χ1v) is 5.99. The average molecular weight is 230 g/mol. The van der Waals surface area contributed by atoms with E-state index in [1.54, 1.807) is 12.1 Å². The Morgan fingerprint density at radius 3 is 2.53 bits per heavy atom. The van der Waals surface area contributed by atoms with Crippen LogP contribution in [0, 0.1) is 12.3 Å². The number of benzene rings is 1. The summed E-state index contributed by atoms with van der Waals surface area (Å²) in [4.78, 5) is 2.30. The van der Waals surface area contributed by atoms with Gasteiger partial charge in [0.05, 0.1) is 6.54 Å². The summed E-state index contributed by atoms with van der Waals surface area (Å²) in [6.45, 7) is 2.87. The van der Waals surface area contributed by atoms with E-state index < -0.39 is 0 Å². The van der Waals surface area contributed by atoms with E-state index in [1.807, 2.05) is 12.1 Å². The third kappa shape index (κ3) is 3.40. The first-order chi connectivity index (χ1) is 8.28. The smallest absolute Gasteiger partial charge is 0.115 e. The number of phenols is 1. The third-order valence-electron chi connectivity index (χ3n) is 3.14. The number of piperidine rings is 1. The Bertz CT molecular complexity index is 386. The van der Waals surface area contributed by atoms with Gasteiger partial charge >= 0.3 is 0 Å². The maximum absolute atomic E-state index is 9.20. The minimum Gasteiger partial charge on any atom is -0.508 e. The number of phenolic OH excluding ortho intramolecular Hbond substituents is 1. The van der Waals surface area contributed by atoms with Crippen LogP contribution in [-0.2, 0) is 0 Å². The second-order valence-electron chi connectivity index (χ2n) is 4.45. The van der Waals surface area contributed by atoms with Crippen molar-refractivity contribution in [1.82, 2.24) is 4.90 Å². The summed E-state index contributed by atoms with van der Waals surface area (Å²) in [5.74, 6) is 2.99. The molecule has 0 aliphatic carbocycles. The molecule has 0 atom stereocenters. The van der Waals surface area contributed by atoms with Gasteiger partial charge in [-0.15, -0.1) is 6.42 Å². The van der Waals surface area contributed by atoms with Gasteiger partial charge in [-0.1, -0.05) is 5.92 Å². The van der Waals surface area contributed by atoms with Gasteiger partial charge in [0.15, 0.2) is 0 Å². The number of anilines is 1. The fourth-order valence-corrected chi connectivity index (χ4v) is 2.16. The number of aromatic hydroxyl groups is 1. The molecule has 90 valence electrons. The molecule has 1 aromatic carbocycles. The summed E-state index contributed by atoms with van der Waals surface area (Å²) in [7, 11) is 0. The lowest BCUT2D eigenvalue weighted by molar-refractivity contribution is 0.243. The van der Waals surface area contributed by atoms with Crippen molar-refractivity contribution < 1.29 is 5.11 Å². The van der Waals surface area contributed by atoms with Crippen LogP contribution < -0.4 is 5.32 Å². The molecule has 0 saturated carbocycles. The maximum atomic E-state index is 9.20. The van der Waals surface area contributed by atoms with Crippen LogP contribution in [0.15, 0.2) is 24.3 Å². The minimum absolute atomic E-state index is 0.305. The molecule has 3 heteroatoms. The van der Waals surface area contributed by atoms with Gasteiger partial charge in [0.1, 0.15) is 5.75 Å². The van der Waals surface area contributed by atoms with Gasteiger partial charge in [-0.25, -0.2) is 0 Å². The second-order valence-corrected chi connectivity index (χ2v) is 4.45. The van der Waals surface area contributed by atoms with Crippen LogP contribution in [0.5, 0.6) is 5.75 Å². The molecule has 1 heterocycles. The Labute approximate surface area is 102 Å². The molecule has 0 radical (unpaired) electrons. The fraction of sp³-hybridized carbons (Fsp3) is 0.429. The summed E-state index contributed by atoms with van der Waals surface area (Å²) >= 11 is 0. The van der Waals surface area contributed by atoms with Crippen LogP contribution in [0.2, 0.25) is 0 Å². The van der Waals surface area contributed by atoms with E-state index in [2.05, 4.69) is 16.1 Å². The molecule has 3 nitrogen and oxygen atoms in total. The number of hydrogen-bond acceptors (Lipinski definition) is 3. The van der Waals surface area contributed by atoms with Gasteiger partial charge in [0.25, 0.3) is 0 Å². The van der Waals surface area contributed by atoms with Crippen molar-refractivity contribution in [2.45, 2.75) is 18.9 Å². The summed E-state index contributed by atoms with van der Waals surface area (Å²) in [6, 6.07) is 7.73. The first kappa shape index (κ1) is 11.8. The van der Waals surface area contributed by atoms with Gasteiger partial charge < -0.3 is 10.4 Å². The highest BCUT2D eigenvalue weighted by atomic mass is 16.3. The van der Waals surface area contributed by atoms with E-state index in [9.17, 15) is 5.11 Å². The zero-order valence-electron chi connectivity index (χ0n) is 9.89. The molecule has 1 saturated heterocycles. The number of likely N-dealkylation sites (tertiary alicyclic amines) is 1. The predicted octanol–water partition coefficient (Wildman–Crippen LogP) is 1.90. The molecule has 2 N–H and O–H groups in total. The minimum atomic E-state index is 0.305. The van der Waals surface area contributed by atoms with Crippen molar-refractivity contribution in [1.29, 1.82) is 0 Å². The molecule has 0 bridgehead atoms. The van der Waals surface area contributed by atoms with Crippen molar-refractivity contribution in [3.63, 3.8) is 0 Å². The van der Waals surface area contributed by atoms with E-state index in [-0.39, 0.29) is 0 Å². The molecule has 1 aromatic rings. The monoisotopic (exact) mass is 230 g/mol. The predicted molar refractivity (Wildman–Crippen MR) is 70.0 cm³/mol. The Hall–Kier alpha value is -1.66. The second kappa shape index (κ2) is 5.60. The third-order valence-corrected chi connectivity index (χ3v) is 3.14. The molecular formula is C14H18N2O. The van der Waals surface area contributed by atoms with Crippen LogP contribution in [0.3, 0.4) is 0 Å². The van der Waals surface area contributed by atoms with Crippen molar-refractivity contribution in [2.24, 2.45) is 0 Å². The number of hydrogen-bond donors (Lipinski definition) is 2. The van der Waals surface area contributed by atoms with E-state index in [4.69, 9.17) is 6.42 Å². The lowest BCUT2D eigenvalue weighted by Crippen LogP contribution is -2.39. The van der Waals surface area contributed by atoms with E-state index >= 15 is 0 Å². The van der Waals surface area contributed by atoms with Gasteiger partial charge in [0.2, 0.25) is 0 Å². The molecule has 0 unspecified atom stereocenters. The normalized spacial score (nSPS) is 17.6. The lowest BCUT2D eigenvalue weighted by atomic mass is 10.0. The zero-order chi connectivity index (χ0) is 12.1. The molecule has 2 rings (SSSR count). The van der Waals surface area contributed by atoms with Crippen LogP contribution in [-0.4, -0.2) is 35.7 Å². The molecule has 0 spiro atoms. The van der Waals surface area contributed by atoms with Gasteiger partial charge in [0, 0.05) is 24.8 Å². The average Bonchev–Trinajstić information content (AvgIpc) is 2.35. The van der Waals surface area contributed by atoms with Crippen molar-refractivity contribution in [2.75, 3.05) is 25.0 Å². The summed E-state index contributed by atoms with van der Waals surface area (Å²) in [6.07, 6.45) is 7.53. The highest BCUT2D eigenvalue weighted by Gasteiger charge is 2.17. The van der Waals surface area contributed by atoms with E-state index in [0.29, 0.717) is 11.8 Å². The Balaban J connectivity index is 1.82. The molecular weight excluding hydrogens is 212 g/mol. The highest BCUT2D eigenvalue weighted by Crippen LogP contribution is 2.18. The van der Waals surface area contributed by atoms with Gasteiger partial charge in [-0.2, -0.15) is 0 Å². The molecule has 0 amide bonds. The van der Waals surface area contributed by atoms with E-state index in [1.165, 1.54) is 0 Å². The summed E-state index contributed by atoms with van der Waals surface area (Å²) < 4.78 is 0. The standard InChI is InChI=1S/C14H18N2O/c1-2-9-16-10-7-13(8-11-16)15-12-3-5-14(17)6-4-12/h1,3-6,13,15,17H,7-11H2. The number of rotatable bonds is 3. The van der Waals surface area contributed by atoms with Crippen LogP contribution >= 0.6 is 0 Å². The largest absolute Gasteiger partial charge is 0.508 e. The molecule has 17 heavy (non-hydrogen) atoms. The van der Waals surface area contributed by atoms with Gasteiger partial charge in [-0.3, -0.25) is 4.90 Å². The quantitative estimate of drug-likeness (QED) is 0.615. The number of nitrogens with zero attached hydrogens (tertiary/aromatic N) is 1. The lowest BCUT2D eigenvalue weighted by Gasteiger charge is -2.31. The summed E-state index contributed by atoms with van der Waals surface area (Å²) in [5.41, 5.74) is 1.07. The molecule has 1 aliphatic rings. The fourth-order valence-electron chi connectivity index (χ4n) is 2.16. The maximum Gasteiger partial charge on any atom is 0.115 e. The van der Waals surface area contributed by atoms with E-state index in [0.717, 1.165) is 38.2 Å². The van der Waals surface area contributed by atoms with Crippen LogP contribution in [0.25, 0.3) is 0 Å². The Kier molecular flexibility index (Phi) is 3.89. The SMILES string of the molecule is C#CCN1CCC(Nc2ccc(O)cc2)CC1. The molecule has 1 aliphatic heterocycles. The van der Waals surface area contributed by atoms with Crippen LogP contribution in [0.1, 0.15) is 12.8 Å². The van der Waals surface area contributed by atoms with Crippen molar-refractivity contribution in [3.8, 4) is 18.1 Å². The molecule has 1 fully saturated rings. The number of terminal acetylenes is 1. The first-order valence-electron chi connectivity index (χ1n) is 5.99. The highest BCUT2D eigenvalue weighted by molar-refractivity contribution is 5.46.